The Bertz CT molecular complexity index is 1490. The average molecular weight is 497 g/mol. The fourth-order valence-electron chi connectivity index (χ4n) is 5.02. The van der Waals surface area contributed by atoms with E-state index in [1.54, 1.807) is 6.20 Å². The molecule has 1 saturated heterocycles. The zero-order valence-corrected chi connectivity index (χ0v) is 20.7. The maximum absolute atomic E-state index is 12.9. The van der Waals surface area contributed by atoms with Crippen LogP contribution in [0.1, 0.15) is 46.0 Å². The number of fused-ring (bicyclic) bond motifs is 2. The molecule has 37 heavy (non-hydrogen) atoms. The summed E-state index contributed by atoms with van der Waals surface area (Å²) in [6.45, 7) is 5.57. The summed E-state index contributed by atoms with van der Waals surface area (Å²) in [5, 5.41) is 6.29. The van der Waals surface area contributed by atoms with Gasteiger partial charge in [0.15, 0.2) is 5.78 Å². The molecule has 0 saturated carbocycles. The molecule has 2 aliphatic rings. The molecular formula is C28H28N6O3. The van der Waals surface area contributed by atoms with E-state index in [1.165, 1.54) is 0 Å². The van der Waals surface area contributed by atoms with E-state index >= 15 is 0 Å². The van der Waals surface area contributed by atoms with Crippen molar-refractivity contribution < 1.29 is 14.3 Å². The van der Waals surface area contributed by atoms with Gasteiger partial charge in [-0.15, -0.1) is 0 Å². The number of carbonyl (C=O) groups is 2. The highest BCUT2D eigenvalue weighted by Crippen LogP contribution is 2.35. The van der Waals surface area contributed by atoms with Gasteiger partial charge in [-0.25, -0.2) is 9.97 Å². The third-order valence-electron chi connectivity index (χ3n) is 6.94. The molecule has 1 fully saturated rings. The molecule has 0 aliphatic carbocycles. The first-order chi connectivity index (χ1) is 18.1. The Labute approximate surface area is 214 Å². The molecule has 0 spiro atoms. The molecule has 1 aromatic carbocycles. The number of imidazole rings is 1. The highest BCUT2D eigenvalue weighted by Gasteiger charge is 2.27. The number of pyridine rings is 2. The van der Waals surface area contributed by atoms with Crippen LogP contribution >= 0.6 is 0 Å². The summed E-state index contributed by atoms with van der Waals surface area (Å²) in [6, 6.07) is 11.5. The summed E-state index contributed by atoms with van der Waals surface area (Å²) < 4.78 is 7.39. The topological polar surface area (TPSA) is 101 Å². The molecule has 5 heterocycles. The van der Waals surface area contributed by atoms with E-state index in [9.17, 15) is 9.59 Å². The van der Waals surface area contributed by atoms with Crippen molar-refractivity contribution in [2.24, 2.45) is 0 Å². The number of aromatic nitrogens is 3. The molecule has 0 unspecified atom stereocenters. The zero-order chi connectivity index (χ0) is 25.4. The molecule has 9 nitrogen and oxygen atoms in total. The number of rotatable bonds is 7. The Hall–Kier alpha value is -4.24. The van der Waals surface area contributed by atoms with Gasteiger partial charge in [0, 0.05) is 43.4 Å². The lowest BCUT2D eigenvalue weighted by Gasteiger charge is -2.28. The van der Waals surface area contributed by atoms with E-state index in [1.807, 2.05) is 60.1 Å². The molecule has 0 bridgehead atoms. The summed E-state index contributed by atoms with van der Waals surface area (Å²) in [7, 11) is 0. The highest BCUT2D eigenvalue weighted by molar-refractivity contribution is 6.06. The molecule has 2 aliphatic heterocycles. The van der Waals surface area contributed by atoms with E-state index < -0.39 is 0 Å². The van der Waals surface area contributed by atoms with Crippen molar-refractivity contribution in [2.75, 3.05) is 36.5 Å². The monoisotopic (exact) mass is 496 g/mol. The van der Waals surface area contributed by atoms with E-state index in [2.05, 4.69) is 25.5 Å². The van der Waals surface area contributed by atoms with Crippen LogP contribution in [0.5, 0.6) is 0 Å². The van der Waals surface area contributed by atoms with Crippen molar-refractivity contribution >= 4 is 34.5 Å². The first-order valence-corrected chi connectivity index (χ1v) is 12.6. The molecule has 0 atom stereocenters. The SMILES string of the molecule is CCCC(=O)c1ccn2c(-c3ccc(Nc4ccc(N5CCOCC5)cn4)c4c3CNC4=O)cnc2c1. The van der Waals surface area contributed by atoms with E-state index in [0.717, 1.165) is 55.2 Å². The van der Waals surface area contributed by atoms with Crippen LogP contribution in [0.25, 0.3) is 16.9 Å². The lowest BCUT2D eigenvalue weighted by molar-refractivity contribution is 0.0963. The first-order valence-electron chi connectivity index (χ1n) is 12.6. The number of carbonyl (C=O) groups excluding carboxylic acids is 2. The zero-order valence-electron chi connectivity index (χ0n) is 20.7. The van der Waals surface area contributed by atoms with Crippen LogP contribution in [-0.4, -0.2) is 52.4 Å². The minimum Gasteiger partial charge on any atom is -0.378 e. The van der Waals surface area contributed by atoms with Crippen LogP contribution in [0.15, 0.2) is 55.0 Å². The standard InChI is InChI=1S/C28H28N6O3/c1-2-3-24(35)18-8-9-34-23(17-30-26(34)14-18)20-5-6-22(27-21(20)16-31-28(27)36)32-25-7-4-19(15-29-25)33-10-12-37-13-11-33/h4-9,14-15,17H,2-3,10-13,16H2,1H3,(H,29,32)(H,31,36). The van der Waals surface area contributed by atoms with Gasteiger partial charge in [0.2, 0.25) is 0 Å². The normalized spacial score (nSPS) is 15.1. The highest BCUT2D eigenvalue weighted by atomic mass is 16.5. The number of nitrogens with one attached hydrogen (secondary N) is 2. The van der Waals surface area contributed by atoms with Crippen LogP contribution < -0.4 is 15.5 Å². The van der Waals surface area contributed by atoms with Gasteiger partial charge in [-0.1, -0.05) is 13.0 Å². The van der Waals surface area contributed by atoms with Crippen molar-refractivity contribution in [3.8, 4) is 11.3 Å². The molecule has 3 aromatic heterocycles. The van der Waals surface area contributed by atoms with E-state index in [0.29, 0.717) is 41.2 Å². The number of nitrogens with zero attached hydrogens (tertiary/aromatic N) is 4. The van der Waals surface area contributed by atoms with Crippen molar-refractivity contribution in [3.63, 3.8) is 0 Å². The smallest absolute Gasteiger partial charge is 0.254 e. The summed E-state index contributed by atoms with van der Waals surface area (Å²) in [5.74, 6) is 0.670. The van der Waals surface area contributed by atoms with Crippen molar-refractivity contribution in [1.82, 2.24) is 19.7 Å². The molecule has 0 radical (unpaired) electrons. The molecule has 4 aromatic rings. The predicted molar refractivity (Wildman–Crippen MR) is 142 cm³/mol. The molecule has 9 heteroatoms. The van der Waals surface area contributed by atoms with Gasteiger partial charge in [-0.2, -0.15) is 0 Å². The number of Topliss-reactive ketones (excluding diaryl/α,β-unsaturated/α-hetero) is 1. The predicted octanol–water partition coefficient (Wildman–Crippen LogP) is 4.20. The average Bonchev–Trinajstić information content (AvgIpc) is 3.54. The number of amides is 1. The Kier molecular flexibility index (Phi) is 6.05. The minimum absolute atomic E-state index is 0.118. The molecule has 188 valence electrons. The lowest BCUT2D eigenvalue weighted by Crippen LogP contribution is -2.36. The fourth-order valence-corrected chi connectivity index (χ4v) is 5.02. The van der Waals surface area contributed by atoms with Gasteiger partial charge < -0.3 is 20.3 Å². The van der Waals surface area contributed by atoms with Crippen molar-refractivity contribution in [1.29, 1.82) is 0 Å². The molecule has 1 amide bonds. The molecule has 6 rings (SSSR count). The summed E-state index contributed by atoms with van der Waals surface area (Å²) in [4.78, 5) is 36.6. The van der Waals surface area contributed by atoms with Crippen LogP contribution in [-0.2, 0) is 11.3 Å². The van der Waals surface area contributed by atoms with Crippen LogP contribution in [0.2, 0.25) is 0 Å². The Morgan fingerprint density at radius 1 is 1.11 bits per heavy atom. The van der Waals surface area contributed by atoms with Gasteiger partial charge in [0.25, 0.3) is 5.91 Å². The van der Waals surface area contributed by atoms with Crippen molar-refractivity contribution in [3.05, 3.63) is 71.7 Å². The fraction of sp³-hybridized carbons (Fsp3) is 0.286. The molecular weight excluding hydrogens is 468 g/mol. The number of hydrogen-bond acceptors (Lipinski definition) is 7. The maximum atomic E-state index is 12.9. The van der Waals surface area contributed by atoms with Gasteiger partial charge in [0.05, 0.1) is 48.2 Å². The number of hydrogen-bond donors (Lipinski definition) is 2. The summed E-state index contributed by atoms with van der Waals surface area (Å²) >= 11 is 0. The second kappa shape index (κ2) is 9.67. The first kappa shape index (κ1) is 23.2. The van der Waals surface area contributed by atoms with Crippen LogP contribution in [0.4, 0.5) is 17.2 Å². The van der Waals surface area contributed by atoms with Gasteiger partial charge in [0.1, 0.15) is 11.5 Å². The van der Waals surface area contributed by atoms with Gasteiger partial charge >= 0.3 is 0 Å². The third kappa shape index (κ3) is 4.31. The van der Waals surface area contributed by atoms with E-state index in [-0.39, 0.29) is 11.7 Å². The summed E-state index contributed by atoms with van der Waals surface area (Å²) in [6.07, 6.45) is 6.85. The minimum atomic E-state index is -0.120. The second-order valence-electron chi connectivity index (χ2n) is 9.28. The van der Waals surface area contributed by atoms with Crippen LogP contribution in [0, 0.1) is 0 Å². The molecule has 2 N–H and O–H groups in total. The second-order valence-corrected chi connectivity index (χ2v) is 9.28. The van der Waals surface area contributed by atoms with Gasteiger partial charge in [-0.05, 0) is 42.3 Å². The number of ketones is 1. The Morgan fingerprint density at radius 3 is 2.76 bits per heavy atom. The Morgan fingerprint density at radius 2 is 1.97 bits per heavy atom. The van der Waals surface area contributed by atoms with E-state index in [4.69, 9.17) is 4.74 Å². The van der Waals surface area contributed by atoms with Crippen LogP contribution in [0.3, 0.4) is 0 Å². The number of benzene rings is 1. The maximum Gasteiger partial charge on any atom is 0.254 e. The lowest BCUT2D eigenvalue weighted by atomic mass is 9.99. The largest absolute Gasteiger partial charge is 0.378 e. The number of ether oxygens (including phenoxy) is 1. The third-order valence-corrected chi connectivity index (χ3v) is 6.94. The number of anilines is 3. The quantitative estimate of drug-likeness (QED) is 0.370. The Balaban J connectivity index is 1.30. The van der Waals surface area contributed by atoms with Gasteiger partial charge in [-0.3, -0.25) is 14.0 Å². The summed E-state index contributed by atoms with van der Waals surface area (Å²) in [5.41, 5.74) is 6.46. The van der Waals surface area contributed by atoms with Crippen molar-refractivity contribution in [2.45, 2.75) is 26.3 Å². The number of morpholine rings is 1.